The highest BCUT2D eigenvalue weighted by atomic mass is 32.2. The molecule has 1 aromatic heterocycles. The standard InChI is InChI=1S/C22H24N2O5S/c1-6-29-18-9-7-17(8-10-18)23-13(2)11-16(14(23)3)12-19-20(25)24(22(27)30-19)15(4)21(26)28-5/h7-12,15H,6H2,1-5H3. The van der Waals surface area contributed by atoms with Crippen molar-refractivity contribution in [3.8, 4) is 11.4 Å². The van der Waals surface area contributed by atoms with Crippen molar-refractivity contribution in [3.63, 3.8) is 0 Å². The summed E-state index contributed by atoms with van der Waals surface area (Å²) >= 11 is 0.825. The lowest BCUT2D eigenvalue weighted by Crippen LogP contribution is -2.42. The molecule has 1 aromatic carbocycles. The number of esters is 1. The Morgan fingerprint density at radius 2 is 1.87 bits per heavy atom. The molecule has 0 bridgehead atoms. The highest BCUT2D eigenvalue weighted by Crippen LogP contribution is 2.35. The maximum Gasteiger partial charge on any atom is 0.328 e. The predicted octanol–water partition coefficient (Wildman–Crippen LogP) is 4.09. The van der Waals surface area contributed by atoms with E-state index in [2.05, 4.69) is 9.30 Å². The van der Waals surface area contributed by atoms with Crippen LogP contribution in [0.4, 0.5) is 4.79 Å². The number of methoxy groups -OCH3 is 1. The number of thioether (sulfide) groups is 1. The topological polar surface area (TPSA) is 77.8 Å². The highest BCUT2D eigenvalue weighted by molar-refractivity contribution is 8.18. The van der Waals surface area contributed by atoms with E-state index in [0.29, 0.717) is 6.61 Å². The summed E-state index contributed by atoms with van der Waals surface area (Å²) in [7, 11) is 1.23. The number of hydrogen-bond donors (Lipinski definition) is 0. The van der Waals surface area contributed by atoms with Gasteiger partial charge in [0.05, 0.1) is 18.6 Å². The van der Waals surface area contributed by atoms with Crippen LogP contribution in [0.5, 0.6) is 5.75 Å². The second kappa shape index (κ2) is 8.79. The van der Waals surface area contributed by atoms with Crippen molar-refractivity contribution in [2.45, 2.75) is 33.7 Å². The summed E-state index contributed by atoms with van der Waals surface area (Å²) in [6.45, 7) is 7.95. The normalized spacial score (nSPS) is 16.3. The van der Waals surface area contributed by atoms with Crippen LogP contribution in [-0.4, -0.2) is 46.3 Å². The number of aryl methyl sites for hydroxylation is 1. The van der Waals surface area contributed by atoms with Crippen LogP contribution in [0, 0.1) is 13.8 Å². The van der Waals surface area contributed by atoms with Gasteiger partial charge in [0, 0.05) is 17.1 Å². The van der Waals surface area contributed by atoms with Gasteiger partial charge >= 0.3 is 5.97 Å². The molecule has 0 N–H and O–H groups in total. The van der Waals surface area contributed by atoms with Crippen LogP contribution >= 0.6 is 11.8 Å². The third kappa shape index (κ3) is 4.00. The average Bonchev–Trinajstić information content (AvgIpc) is 3.16. The van der Waals surface area contributed by atoms with Gasteiger partial charge < -0.3 is 14.0 Å². The van der Waals surface area contributed by atoms with Gasteiger partial charge in [-0.25, -0.2) is 4.79 Å². The molecule has 8 heteroatoms. The van der Waals surface area contributed by atoms with Gasteiger partial charge in [-0.2, -0.15) is 0 Å². The molecule has 1 fully saturated rings. The van der Waals surface area contributed by atoms with Crippen molar-refractivity contribution in [1.29, 1.82) is 0 Å². The molecule has 1 atom stereocenters. The van der Waals surface area contributed by atoms with E-state index < -0.39 is 23.2 Å². The van der Waals surface area contributed by atoms with Crippen LogP contribution in [-0.2, 0) is 14.3 Å². The van der Waals surface area contributed by atoms with E-state index in [1.165, 1.54) is 14.0 Å². The van der Waals surface area contributed by atoms with Crippen molar-refractivity contribution < 1.29 is 23.9 Å². The van der Waals surface area contributed by atoms with Crippen molar-refractivity contribution in [2.24, 2.45) is 0 Å². The van der Waals surface area contributed by atoms with E-state index in [0.717, 1.165) is 45.1 Å². The molecule has 0 aliphatic carbocycles. The van der Waals surface area contributed by atoms with E-state index in [9.17, 15) is 14.4 Å². The molecule has 2 heterocycles. The lowest BCUT2D eigenvalue weighted by Gasteiger charge is -2.18. The number of imide groups is 1. The number of carbonyl (C=O) groups excluding carboxylic acids is 3. The van der Waals surface area contributed by atoms with Gasteiger partial charge in [0.2, 0.25) is 0 Å². The Morgan fingerprint density at radius 3 is 2.47 bits per heavy atom. The van der Waals surface area contributed by atoms with Crippen LogP contribution in [0.2, 0.25) is 0 Å². The Morgan fingerprint density at radius 1 is 1.20 bits per heavy atom. The summed E-state index contributed by atoms with van der Waals surface area (Å²) in [5.41, 5.74) is 3.73. The minimum absolute atomic E-state index is 0.280. The van der Waals surface area contributed by atoms with Crippen LogP contribution < -0.4 is 4.74 Å². The Balaban J connectivity index is 1.92. The zero-order valence-corrected chi connectivity index (χ0v) is 18.4. The fourth-order valence-corrected chi connectivity index (χ4v) is 4.32. The number of nitrogens with zero attached hydrogens (tertiary/aromatic N) is 2. The third-order valence-corrected chi connectivity index (χ3v) is 5.80. The maximum atomic E-state index is 12.7. The van der Waals surface area contributed by atoms with Gasteiger partial charge in [-0.3, -0.25) is 14.5 Å². The first kappa shape index (κ1) is 21.7. The molecular weight excluding hydrogens is 404 g/mol. The van der Waals surface area contributed by atoms with Crippen LogP contribution in [0.3, 0.4) is 0 Å². The monoisotopic (exact) mass is 428 g/mol. The van der Waals surface area contributed by atoms with Crippen molar-refractivity contribution in [3.05, 3.63) is 52.2 Å². The molecule has 2 aromatic rings. The molecule has 1 saturated heterocycles. The second-order valence-corrected chi connectivity index (χ2v) is 7.83. The summed E-state index contributed by atoms with van der Waals surface area (Å²) in [6.07, 6.45) is 1.70. The number of rotatable bonds is 6. The van der Waals surface area contributed by atoms with E-state index in [4.69, 9.17) is 4.74 Å². The molecule has 30 heavy (non-hydrogen) atoms. The molecule has 3 rings (SSSR count). The number of aromatic nitrogens is 1. The number of amides is 2. The molecular formula is C22H24N2O5S. The third-order valence-electron chi connectivity index (χ3n) is 4.92. The number of ether oxygens (including phenoxy) is 2. The Hall–Kier alpha value is -3.00. The minimum atomic E-state index is -0.968. The van der Waals surface area contributed by atoms with Gasteiger partial charge in [-0.15, -0.1) is 0 Å². The zero-order valence-electron chi connectivity index (χ0n) is 17.6. The van der Waals surface area contributed by atoms with Crippen LogP contribution in [0.1, 0.15) is 30.8 Å². The number of benzene rings is 1. The summed E-state index contributed by atoms with van der Waals surface area (Å²) in [6, 6.07) is 8.77. The average molecular weight is 429 g/mol. The molecule has 0 spiro atoms. The minimum Gasteiger partial charge on any atom is -0.494 e. The molecule has 7 nitrogen and oxygen atoms in total. The lowest BCUT2D eigenvalue weighted by atomic mass is 10.2. The Bertz CT molecular complexity index is 1020. The summed E-state index contributed by atoms with van der Waals surface area (Å²) in [5, 5.41) is -0.482. The second-order valence-electron chi connectivity index (χ2n) is 6.84. The van der Waals surface area contributed by atoms with Crippen LogP contribution in [0.15, 0.2) is 35.2 Å². The number of carbonyl (C=O) groups is 3. The Labute approximate surface area is 179 Å². The first-order chi connectivity index (χ1) is 14.3. The fourth-order valence-electron chi connectivity index (χ4n) is 3.42. The summed E-state index contributed by atoms with van der Waals surface area (Å²) in [5.74, 6) is -0.321. The van der Waals surface area contributed by atoms with Gasteiger partial charge in [0.25, 0.3) is 11.1 Å². The zero-order chi connectivity index (χ0) is 22.0. The summed E-state index contributed by atoms with van der Waals surface area (Å²) < 4.78 is 12.2. The van der Waals surface area contributed by atoms with Crippen molar-refractivity contribution in [1.82, 2.24) is 9.47 Å². The quantitative estimate of drug-likeness (QED) is 0.509. The van der Waals surface area contributed by atoms with Crippen LogP contribution in [0.25, 0.3) is 11.8 Å². The smallest absolute Gasteiger partial charge is 0.328 e. The lowest BCUT2D eigenvalue weighted by molar-refractivity contribution is -0.148. The van der Waals surface area contributed by atoms with E-state index in [-0.39, 0.29) is 4.91 Å². The van der Waals surface area contributed by atoms with Crippen molar-refractivity contribution in [2.75, 3.05) is 13.7 Å². The molecule has 0 saturated carbocycles. The van der Waals surface area contributed by atoms with E-state index in [1.54, 1.807) is 6.08 Å². The molecule has 0 radical (unpaired) electrons. The van der Waals surface area contributed by atoms with Gasteiger partial charge in [0.15, 0.2) is 0 Å². The van der Waals surface area contributed by atoms with Gasteiger partial charge in [0.1, 0.15) is 11.8 Å². The summed E-state index contributed by atoms with van der Waals surface area (Å²) in [4.78, 5) is 38.0. The first-order valence-corrected chi connectivity index (χ1v) is 10.4. The number of hydrogen-bond acceptors (Lipinski definition) is 6. The van der Waals surface area contributed by atoms with Gasteiger partial charge in [-0.05, 0) is 81.4 Å². The molecule has 1 aliphatic heterocycles. The molecule has 1 unspecified atom stereocenters. The first-order valence-electron chi connectivity index (χ1n) is 9.55. The molecule has 1 aliphatic rings. The Kier molecular flexibility index (Phi) is 6.36. The van der Waals surface area contributed by atoms with Gasteiger partial charge in [-0.1, -0.05) is 0 Å². The van der Waals surface area contributed by atoms with E-state index in [1.807, 2.05) is 51.1 Å². The maximum absolute atomic E-state index is 12.7. The molecule has 158 valence electrons. The SMILES string of the molecule is CCOc1ccc(-n2c(C)cc(C=C3SC(=O)N(C(C)C(=O)OC)C3=O)c2C)cc1. The largest absolute Gasteiger partial charge is 0.494 e. The van der Waals surface area contributed by atoms with E-state index >= 15 is 0 Å². The predicted molar refractivity (Wildman–Crippen MR) is 116 cm³/mol. The highest BCUT2D eigenvalue weighted by Gasteiger charge is 2.41. The fraction of sp³-hybridized carbons (Fsp3) is 0.318. The molecule has 2 amide bonds. The van der Waals surface area contributed by atoms with Crippen molar-refractivity contribution >= 4 is 35.0 Å².